The van der Waals surface area contributed by atoms with Gasteiger partial charge in [-0.3, -0.25) is 4.72 Å². The van der Waals surface area contributed by atoms with Crippen LogP contribution < -0.4 is 14.8 Å². The first-order valence-corrected chi connectivity index (χ1v) is 9.01. The number of nitrogens with one attached hydrogen (secondary N) is 2. The largest absolute Gasteiger partial charge is 0.495 e. The zero-order valence-corrected chi connectivity index (χ0v) is 14.9. The van der Waals surface area contributed by atoms with Crippen molar-refractivity contribution in [3.63, 3.8) is 0 Å². The molecule has 130 valence electrons. The van der Waals surface area contributed by atoms with Gasteiger partial charge >= 0.3 is 0 Å². The third-order valence-corrected chi connectivity index (χ3v) is 4.83. The van der Waals surface area contributed by atoms with E-state index in [-0.39, 0.29) is 10.6 Å². The number of anilines is 2. The molecular weight excluding hydrogens is 352 g/mol. The lowest BCUT2D eigenvalue weighted by Crippen LogP contribution is -2.14. The Balaban J connectivity index is 2.16. The average Bonchev–Trinajstić information content (AvgIpc) is 2.56. The fraction of sp³-hybridized carbons (Fsp3) is 0.250. The Kier molecular flexibility index (Phi) is 6.30. The Labute approximate surface area is 146 Å². The van der Waals surface area contributed by atoms with Crippen molar-refractivity contribution >= 4 is 33.0 Å². The monoisotopic (exact) mass is 370 g/mol. The lowest BCUT2D eigenvalue weighted by molar-refractivity contribution is 0.211. The number of halogens is 1. The first-order valence-electron chi connectivity index (χ1n) is 7.15. The minimum Gasteiger partial charge on any atom is -0.495 e. The molecule has 0 aromatic heterocycles. The molecule has 8 heteroatoms. The lowest BCUT2D eigenvalue weighted by atomic mass is 10.3. The summed E-state index contributed by atoms with van der Waals surface area (Å²) in [4.78, 5) is -0.0141. The van der Waals surface area contributed by atoms with Crippen LogP contribution in [0.5, 0.6) is 5.75 Å². The van der Waals surface area contributed by atoms with E-state index in [9.17, 15) is 8.42 Å². The number of ether oxygens (including phenoxy) is 2. The summed E-state index contributed by atoms with van der Waals surface area (Å²) in [7, 11) is -0.778. The molecule has 0 aliphatic heterocycles. The number of sulfonamides is 1. The maximum Gasteiger partial charge on any atom is 0.265 e. The SMILES string of the molecule is COCCNc1ccc(NS(=O)(=O)c2cc(Cl)ccc2OC)cc1. The highest BCUT2D eigenvalue weighted by Gasteiger charge is 2.20. The molecule has 0 unspecified atom stereocenters. The minimum absolute atomic E-state index is 0.0141. The van der Waals surface area contributed by atoms with E-state index < -0.39 is 10.0 Å². The van der Waals surface area contributed by atoms with E-state index >= 15 is 0 Å². The second kappa shape index (κ2) is 8.23. The van der Waals surface area contributed by atoms with Crippen molar-refractivity contribution in [1.82, 2.24) is 0 Å². The van der Waals surface area contributed by atoms with Crippen molar-refractivity contribution < 1.29 is 17.9 Å². The van der Waals surface area contributed by atoms with Gasteiger partial charge in [0.05, 0.1) is 13.7 Å². The molecule has 0 saturated heterocycles. The summed E-state index contributed by atoms with van der Waals surface area (Å²) in [5.74, 6) is 0.227. The standard InChI is InChI=1S/C16H19ClN2O4S/c1-22-10-9-18-13-4-6-14(7-5-13)19-24(20,21)16-11-12(17)3-8-15(16)23-2/h3-8,11,18-19H,9-10H2,1-2H3. The summed E-state index contributed by atoms with van der Waals surface area (Å²) in [6.45, 7) is 1.25. The highest BCUT2D eigenvalue weighted by molar-refractivity contribution is 7.92. The highest BCUT2D eigenvalue weighted by atomic mass is 35.5. The Hall–Kier alpha value is -1.96. The van der Waals surface area contributed by atoms with Crippen LogP contribution in [0.3, 0.4) is 0 Å². The smallest absolute Gasteiger partial charge is 0.265 e. The molecule has 0 spiro atoms. The highest BCUT2D eigenvalue weighted by Crippen LogP contribution is 2.28. The third kappa shape index (κ3) is 4.77. The first kappa shape index (κ1) is 18.4. The van der Waals surface area contributed by atoms with Crippen molar-refractivity contribution in [2.24, 2.45) is 0 Å². The van der Waals surface area contributed by atoms with Gasteiger partial charge < -0.3 is 14.8 Å². The quantitative estimate of drug-likeness (QED) is 0.698. The normalized spacial score (nSPS) is 11.1. The summed E-state index contributed by atoms with van der Waals surface area (Å²) in [6.07, 6.45) is 0. The molecule has 0 amide bonds. The topological polar surface area (TPSA) is 76.7 Å². The summed E-state index contributed by atoms with van der Waals surface area (Å²) in [5, 5.41) is 3.47. The van der Waals surface area contributed by atoms with Crippen molar-refractivity contribution in [2.45, 2.75) is 4.90 Å². The van der Waals surface area contributed by atoms with Crippen LogP contribution in [0, 0.1) is 0 Å². The molecule has 0 aliphatic rings. The van der Waals surface area contributed by atoms with Crippen molar-refractivity contribution in [3.05, 3.63) is 47.5 Å². The molecule has 2 rings (SSSR count). The van der Waals surface area contributed by atoms with Crippen LogP contribution in [-0.4, -0.2) is 35.8 Å². The summed E-state index contributed by atoms with van der Waals surface area (Å²) in [5.41, 5.74) is 1.31. The van der Waals surface area contributed by atoms with E-state index in [2.05, 4.69) is 10.0 Å². The maximum atomic E-state index is 12.5. The van der Waals surface area contributed by atoms with E-state index in [0.717, 1.165) is 5.69 Å². The molecule has 0 radical (unpaired) electrons. The molecule has 0 aliphatic carbocycles. The van der Waals surface area contributed by atoms with Gasteiger partial charge in [-0.05, 0) is 42.5 Å². The molecule has 0 atom stereocenters. The van der Waals surface area contributed by atoms with Gasteiger partial charge in [-0.25, -0.2) is 8.42 Å². The van der Waals surface area contributed by atoms with Crippen LogP contribution in [0.4, 0.5) is 11.4 Å². The predicted molar refractivity (Wildman–Crippen MR) is 95.6 cm³/mol. The second-order valence-electron chi connectivity index (χ2n) is 4.90. The molecular formula is C16H19ClN2O4S. The Bertz CT molecular complexity index is 779. The maximum absolute atomic E-state index is 12.5. The zero-order chi connectivity index (χ0) is 17.6. The lowest BCUT2D eigenvalue weighted by Gasteiger charge is -2.12. The van der Waals surface area contributed by atoms with E-state index in [1.54, 1.807) is 37.4 Å². The van der Waals surface area contributed by atoms with Crippen LogP contribution in [0.15, 0.2) is 47.4 Å². The first-order chi connectivity index (χ1) is 11.5. The van der Waals surface area contributed by atoms with Gasteiger partial charge in [0.2, 0.25) is 0 Å². The Morgan fingerprint density at radius 3 is 2.33 bits per heavy atom. The Morgan fingerprint density at radius 1 is 1.04 bits per heavy atom. The number of rotatable bonds is 8. The van der Waals surface area contributed by atoms with Gasteiger partial charge in [0, 0.05) is 30.1 Å². The van der Waals surface area contributed by atoms with Gasteiger partial charge in [0.15, 0.2) is 0 Å². The zero-order valence-electron chi connectivity index (χ0n) is 13.4. The molecule has 6 nitrogen and oxygen atoms in total. The molecule has 2 aromatic rings. The Morgan fingerprint density at radius 2 is 1.71 bits per heavy atom. The molecule has 0 bridgehead atoms. The number of methoxy groups -OCH3 is 2. The summed E-state index contributed by atoms with van der Waals surface area (Å²) in [6, 6.07) is 11.3. The summed E-state index contributed by atoms with van der Waals surface area (Å²) < 4.78 is 37.7. The van der Waals surface area contributed by atoms with Crippen LogP contribution in [0.25, 0.3) is 0 Å². The van der Waals surface area contributed by atoms with Crippen LogP contribution in [-0.2, 0) is 14.8 Å². The molecule has 2 aromatic carbocycles. The van der Waals surface area contributed by atoms with Gasteiger partial charge in [0.25, 0.3) is 10.0 Å². The van der Waals surface area contributed by atoms with Crippen molar-refractivity contribution in [3.8, 4) is 5.75 Å². The molecule has 0 fully saturated rings. The van der Waals surface area contributed by atoms with E-state index in [1.807, 2.05) is 0 Å². The van der Waals surface area contributed by atoms with Crippen LogP contribution >= 0.6 is 11.6 Å². The van der Waals surface area contributed by atoms with Gasteiger partial charge in [-0.1, -0.05) is 11.6 Å². The van der Waals surface area contributed by atoms with Gasteiger partial charge in [-0.15, -0.1) is 0 Å². The van der Waals surface area contributed by atoms with Crippen molar-refractivity contribution in [2.75, 3.05) is 37.4 Å². The molecule has 0 saturated carbocycles. The number of hydrogen-bond donors (Lipinski definition) is 2. The average molecular weight is 371 g/mol. The van der Waals surface area contributed by atoms with E-state index in [4.69, 9.17) is 21.1 Å². The van der Waals surface area contributed by atoms with Crippen molar-refractivity contribution in [1.29, 1.82) is 0 Å². The van der Waals surface area contributed by atoms with Gasteiger partial charge in [0.1, 0.15) is 10.6 Å². The van der Waals surface area contributed by atoms with Crippen LogP contribution in [0.1, 0.15) is 0 Å². The number of hydrogen-bond acceptors (Lipinski definition) is 5. The van der Waals surface area contributed by atoms with E-state index in [1.165, 1.54) is 19.2 Å². The second-order valence-corrected chi connectivity index (χ2v) is 6.98. The van der Waals surface area contributed by atoms with E-state index in [0.29, 0.717) is 23.9 Å². The predicted octanol–water partition coefficient (Wildman–Crippen LogP) is 3.21. The third-order valence-electron chi connectivity index (χ3n) is 3.19. The van der Waals surface area contributed by atoms with Gasteiger partial charge in [-0.2, -0.15) is 0 Å². The molecule has 0 heterocycles. The minimum atomic E-state index is -3.81. The number of benzene rings is 2. The fourth-order valence-corrected chi connectivity index (χ4v) is 3.52. The molecule has 2 N–H and O–H groups in total. The molecule has 24 heavy (non-hydrogen) atoms. The summed E-state index contributed by atoms with van der Waals surface area (Å²) >= 11 is 5.90. The van der Waals surface area contributed by atoms with Crippen LogP contribution in [0.2, 0.25) is 5.02 Å². The fourth-order valence-electron chi connectivity index (χ4n) is 2.02.